The SMILES string of the molecule is O=C1CCCC2=C1[C@H](c1cccc(Cl)c1Cl)n1nc(SCc3ccccn3)nc1N2. The fraction of sp³-hybridized carbons (Fsp3) is 0.238. The standard InChI is InChI=1S/C21H17Cl2N5OS/c22-14-7-3-6-13(18(14)23)19-17-15(8-4-9-16(17)29)25-20-26-21(27-28(19)20)30-11-12-5-1-2-10-24-12/h1-3,5-7,10,19H,4,8-9,11H2,(H,25,26,27)/t19-/m0/s1. The molecule has 3 heterocycles. The number of carbonyl (C=O) groups is 1. The summed E-state index contributed by atoms with van der Waals surface area (Å²) >= 11 is 14.3. The Morgan fingerprint density at radius 1 is 1.17 bits per heavy atom. The molecule has 152 valence electrons. The van der Waals surface area contributed by atoms with E-state index in [4.69, 9.17) is 28.3 Å². The number of pyridine rings is 1. The van der Waals surface area contributed by atoms with Gasteiger partial charge >= 0.3 is 0 Å². The van der Waals surface area contributed by atoms with Crippen LogP contribution in [0.5, 0.6) is 0 Å². The highest BCUT2D eigenvalue weighted by Gasteiger charge is 2.38. The summed E-state index contributed by atoms with van der Waals surface area (Å²) in [4.78, 5) is 21.9. The van der Waals surface area contributed by atoms with E-state index < -0.39 is 6.04 Å². The van der Waals surface area contributed by atoms with Gasteiger partial charge in [0.25, 0.3) is 0 Å². The van der Waals surface area contributed by atoms with E-state index >= 15 is 0 Å². The maximum Gasteiger partial charge on any atom is 0.227 e. The lowest BCUT2D eigenvalue weighted by atomic mass is 9.85. The van der Waals surface area contributed by atoms with Gasteiger partial charge in [0.1, 0.15) is 6.04 Å². The number of rotatable bonds is 4. The van der Waals surface area contributed by atoms with Crippen LogP contribution in [-0.2, 0) is 10.5 Å². The number of nitrogens with zero attached hydrogens (tertiary/aromatic N) is 4. The molecule has 0 bridgehead atoms. The number of ketones is 1. The van der Waals surface area contributed by atoms with Crippen LogP contribution in [0.4, 0.5) is 5.95 Å². The van der Waals surface area contributed by atoms with Crippen LogP contribution < -0.4 is 5.32 Å². The number of fused-ring (bicyclic) bond motifs is 1. The molecule has 0 amide bonds. The molecule has 5 rings (SSSR count). The van der Waals surface area contributed by atoms with Crippen LogP contribution in [0.15, 0.2) is 59.0 Å². The Hall–Kier alpha value is -2.35. The van der Waals surface area contributed by atoms with E-state index in [1.807, 2.05) is 30.3 Å². The fourth-order valence-corrected chi connectivity index (χ4v) is 4.99. The molecule has 0 fully saturated rings. The number of aromatic nitrogens is 4. The maximum absolute atomic E-state index is 12.9. The van der Waals surface area contributed by atoms with Crippen LogP contribution in [0.3, 0.4) is 0 Å². The van der Waals surface area contributed by atoms with Crippen molar-refractivity contribution in [3.8, 4) is 0 Å². The summed E-state index contributed by atoms with van der Waals surface area (Å²) in [6.07, 6.45) is 3.89. The number of Topliss-reactive ketones (excluding diaryl/α,β-unsaturated/α-hetero) is 1. The Bertz CT molecular complexity index is 1160. The van der Waals surface area contributed by atoms with Gasteiger partial charge < -0.3 is 5.32 Å². The molecule has 2 aromatic heterocycles. The Morgan fingerprint density at radius 3 is 2.90 bits per heavy atom. The Morgan fingerprint density at radius 2 is 2.07 bits per heavy atom. The lowest BCUT2D eigenvalue weighted by Gasteiger charge is -2.32. The van der Waals surface area contributed by atoms with Crippen LogP contribution in [0.1, 0.15) is 36.6 Å². The molecule has 30 heavy (non-hydrogen) atoms. The summed E-state index contributed by atoms with van der Waals surface area (Å²) < 4.78 is 1.75. The third kappa shape index (κ3) is 3.51. The number of nitrogens with one attached hydrogen (secondary N) is 1. The summed E-state index contributed by atoms with van der Waals surface area (Å²) in [6, 6.07) is 10.8. The van der Waals surface area contributed by atoms with Crippen LogP contribution in [0.2, 0.25) is 10.0 Å². The molecular weight excluding hydrogens is 441 g/mol. The van der Waals surface area contributed by atoms with Crippen molar-refractivity contribution in [1.82, 2.24) is 19.7 Å². The van der Waals surface area contributed by atoms with Crippen molar-refractivity contribution in [2.24, 2.45) is 0 Å². The first-order valence-corrected chi connectivity index (χ1v) is 11.3. The van der Waals surface area contributed by atoms with Gasteiger partial charge in [-0.3, -0.25) is 9.78 Å². The second-order valence-electron chi connectivity index (χ2n) is 7.11. The highest BCUT2D eigenvalue weighted by Crippen LogP contribution is 2.43. The maximum atomic E-state index is 12.9. The third-order valence-corrected chi connectivity index (χ3v) is 6.90. The Labute approximate surface area is 187 Å². The van der Waals surface area contributed by atoms with Crippen molar-refractivity contribution in [2.45, 2.75) is 36.2 Å². The lowest BCUT2D eigenvalue weighted by molar-refractivity contribution is -0.116. The van der Waals surface area contributed by atoms with E-state index in [2.05, 4.69) is 15.3 Å². The van der Waals surface area contributed by atoms with Crippen molar-refractivity contribution >= 4 is 46.7 Å². The van der Waals surface area contributed by atoms with E-state index in [1.165, 1.54) is 11.8 Å². The first-order valence-electron chi connectivity index (χ1n) is 9.58. The molecule has 3 aromatic rings. The normalized spacial score (nSPS) is 18.1. The van der Waals surface area contributed by atoms with Gasteiger partial charge in [-0.2, -0.15) is 4.98 Å². The van der Waals surface area contributed by atoms with Gasteiger partial charge in [0.15, 0.2) is 5.78 Å². The van der Waals surface area contributed by atoms with E-state index in [0.717, 1.165) is 29.8 Å². The molecule has 0 radical (unpaired) electrons. The van der Waals surface area contributed by atoms with Crippen molar-refractivity contribution in [1.29, 1.82) is 0 Å². The summed E-state index contributed by atoms with van der Waals surface area (Å²) in [6.45, 7) is 0. The Balaban J connectivity index is 1.56. The number of hydrogen-bond donors (Lipinski definition) is 1. The quantitative estimate of drug-likeness (QED) is 0.536. The number of thioether (sulfide) groups is 1. The largest absolute Gasteiger partial charge is 0.328 e. The zero-order valence-electron chi connectivity index (χ0n) is 15.8. The van der Waals surface area contributed by atoms with E-state index in [9.17, 15) is 4.79 Å². The minimum absolute atomic E-state index is 0.105. The molecular formula is C21H17Cl2N5OS. The van der Waals surface area contributed by atoms with Gasteiger partial charge in [0, 0.05) is 35.2 Å². The topological polar surface area (TPSA) is 72.7 Å². The summed E-state index contributed by atoms with van der Waals surface area (Å²) in [5.41, 5.74) is 3.30. The molecule has 1 atom stereocenters. The van der Waals surface area contributed by atoms with Gasteiger partial charge in [0.05, 0.1) is 15.7 Å². The van der Waals surface area contributed by atoms with Gasteiger partial charge in [-0.05, 0) is 31.0 Å². The number of benzene rings is 1. The van der Waals surface area contributed by atoms with Crippen LogP contribution >= 0.6 is 35.0 Å². The summed E-state index contributed by atoms with van der Waals surface area (Å²) in [5, 5.41) is 9.52. The van der Waals surface area contributed by atoms with Gasteiger partial charge in [-0.25, -0.2) is 4.68 Å². The average molecular weight is 458 g/mol. The van der Waals surface area contributed by atoms with Crippen molar-refractivity contribution in [3.63, 3.8) is 0 Å². The van der Waals surface area contributed by atoms with E-state index in [1.54, 1.807) is 16.9 Å². The lowest BCUT2D eigenvalue weighted by Crippen LogP contribution is -2.31. The molecule has 1 aliphatic heterocycles. The molecule has 1 aliphatic carbocycles. The minimum atomic E-state index is -0.452. The first-order chi connectivity index (χ1) is 14.6. The molecule has 0 spiro atoms. The summed E-state index contributed by atoms with van der Waals surface area (Å²) in [7, 11) is 0. The van der Waals surface area contributed by atoms with Crippen molar-refractivity contribution in [2.75, 3.05) is 5.32 Å². The second-order valence-corrected chi connectivity index (χ2v) is 8.84. The van der Waals surface area contributed by atoms with Crippen LogP contribution in [-0.4, -0.2) is 25.5 Å². The molecule has 2 aliphatic rings. The highest BCUT2D eigenvalue weighted by molar-refractivity contribution is 7.98. The second kappa shape index (κ2) is 8.06. The zero-order chi connectivity index (χ0) is 20.7. The fourth-order valence-electron chi connectivity index (χ4n) is 3.84. The number of hydrogen-bond acceptors (Lipinski definition) is 6. The number of allylic oxidation sites excluding steroid dienone is 2. The molecule has 1 N–H and O–H groups in total. The molecule has 9 heteroatoms. The predicted octanol–water partition coefficient (Wildman–Crippen LogP) is 5.29. The minimum Gasteiger partial charge on any atom is -0.328 e. The summed E-state index contributed by atoms with van der Waals surface area (Å²) in [5.74, 6) is 1.36. The van der Waals surface area contributed by atoms with Crippen molar-refractivity contribution < 1.29 is 4.79 Å². The average Bonchev–Trinajstić information content (AvgIpc) is 3.16. The molecule has 1 aromatic carbocycles. The predicted molar refractivity (Wildman–Crippen MR) is 118 cm³/mol. The molecule has 0 saturated carbocycles. The highest BCUT2D eigenvalue weighted by atomic mass is 35.5. The van der Waals surface area contributed by atoms with Gasteiger partial charge in [0.2, 0.25) is 11.1 Å². The van der Waals surface area contributed by atoms with E-state index in [-0.39, 0.29) is 5.78 Å². The van der Waals surface area contributed by atoms with Crippen LogP contribution in [0, 0.1) is 0 Å². The van der Waals surface area contributed by atoms with Crippen LogP contribution in [0.25, 0.3) is 0 Å². The zero-order valence-corrected chi connectivity index (χ0v) is 18.1. The third-order valence-electron chi connectivity index (χ3n) is 5.20. The molecule has 0 saturated heterocycles. The van der Waals surface area contributed by atoms with Gasteiger partial charge in [-0.1, -0.05) is 53.2 Å². The number of anilines is 1. The Kier molecular flexibility index (Phi) is 5.26. The number of halogens is 2. The monoisotopic (exact) mass is 457 g/mol. The first kappa shape index (κ1) is 19.6. The molecule has 0 unspecified atom stereocenters. The molecule has 6 nitrogen and oxygen atoms in total. The smallest absolute Gasteiger partial charge is 0.227 e. The van der Waals surface area contributed by atoms with E-state index in [0.29, 0.717) is 38.9 Å². The number of carbonyl (C=O) groups excluding carboxylic acids is 1. The van der Waals surface area contributed by atoms with Gasteiger partial charge in [-0.15, -0.1) is 5.10 Å². The van der Waals surface area contributed by atoms with Crippen molar-refractivity contribution in [3.05, 3.63) is 75.2 Å².